The first-order valence-electron chi connectivity index (χ1n) is 37.6. The third kappa shape index (κ3) is 64.2. The zero-order chi connectivity index (χ0) is 74.8. The summed E-state index contributed by atoms with van der Waals surface area (Å²) in [5.74, 6) is 0. The van der Waals surface area contributed by atoms with Gasteiger partial charge in [-0.25, -0.2) is 0 Å². The molecular weight excluding hydrogens is 1290 g/mol. The van der Waals surface area contributed by atoms with Crippen LogP contribution in [0.1, 0.15) is 165 Å². The van der Waals surface area contributed by atoms with Crippen LogP contribution in [0.25, 0.3) is 0 Å². The molecule has 100 heavy (non-hydrogen) atoms. The topological polar surface area (TPSA) is 216 Å². The van der Waals surface area contributed by atoms with Gasteiger partial charge in [-0.1, -0.05) is 0 Å². The molecule has 0 aromatic carbocycles. The third-order valence-corrected chi connectivity index (χ3v) is 15.0. The van der Waals surface area contributed by atoms with Crippen LogP contribution in [0.5, 0.6) is 0 Å². The fourth-order valence-corrected chi connectivity index (χ4v) is 10.2. The standard InChI is InChI=1S/C75H156N4O21/c1-68(2,3)77(26-34-85-43-47-88-49-52-91-55-57-95-61-65-99-71(10,11)12)67-73(16,17)78(27-35-86-44-48-89-50-51-90-53-54-92-56-58-96-62-66-100-72(13,14)15)75(20,21)79(28-36-87-42-38-82-31-24-32-83-40-46-94-60-64-98-70(7,8)9)74(18,19)76-25-33-84-41-37-80-29-22-23-30-81-39-45-93-59-63-97-69(4,5)6/h76H,22-67H2,1-21H3. The molecule has 0 aromatic heterocycles. The number of hydrogen-bond acceptors (Lipinski definition) is 25. The summed E-state index contributed by atoms with van der Waals surface area (Å²) in [6.45, 7) is 68.4. The Morgan fingerprint density at radius 1 is 0.220 bits per heavy atom. The summed E-state index contributed by atoms with van der Waals surface area (Å²) in [4.78, 5) is 7.63. The lowest BCUT2D eigenvalue weighted by molar-refractivity contribution is -0.153. The number of unbranched alkanes of at least 4 members (excludes halogenated alkanes) is 1. The van der Waals surface area contributed by atoms with E-state index in [-0.39, 0.29) is 27.9 Å². The Morgan fingerprint density at radius 3 is 0.710 bits per heavy atom. The van der Waals surface area contributed by atoms with Crippen LogP contribution in [0, 0.1) is 0 Å². The molecule has 602 valence electrons. The first kappa shape index (κ1) is 99.0. The van der Waals surface area contributed by atoms with Gasteiger partial charge in [0.05, 0.1) is 258 Å². The van der Waals surface area contributed by atoms with Crippen LogP contribution in [-0.4, -0.2) is 343 Å². The van der Waals surface area contributed by atoms with Gasteiger partial charge in [0.2, 0.25) is 0 Å². The summed E-state index contributed by atoms with van der Waals surface area (Å²) in [5, 5.41) is 3.87. The highest BCUT2D eigenvalue weighted by molar-refractivity contribution is 4.99. The van der Waals surface area contributed by atoms with Gasteiger partial charge in [0.25, 0.3) is 0 Å². The first-order valence-corrected chi connectivity index (χ1v) is 37.6. The third-order valence-electron chi connectivity index (χ3n) is 15.0. The van der Waals surface area contributed by atoms with Gasteiger partial charge in [-0.05, 0) is 165 Å². The van der Waals surface area contributed by atoms with E-state index in [0.29, 0.717) is 271 Å². The molecule has 0 spiro atoms. The quantitative estimate of drug-likeness (QED) is 0.0443. The molecule has 0 rings (SSSR count). The van der Waals surface area contributed by atoms with Gasteiger partial charge in [-0.15, -0.1) is 0 Å². The van der Waals surface area contributed by atoms with Crippen LogP contribution >= 0.6 is 0 Å². The Kier molecular flexibility index (Phi) is 59.4. The van der Waals surface area contributed by atoms with Crippen LogP contribution in [-0.2, 0) is 99.5 Å². The summed E-state index contributed by atoms with van der Waals surface area (Å²) in [6, 6.07) is 0. The lowest BCUT2D eigenvalue weighted by Crippen LogP contribution is -2.73. The average molecular weight is 1450 g/mol. The number of ether oxygens (including phenoxy) is 21. The highest BCUT2D eigenvalue weighted by Crippen LogP contribution is 2.34. The van der Waals surface area contributed by atoms with Gasteiger partial charge >= 0.3 is 0 Å². The van der Waals surface area contributed by atoms with E-state index in [1.54, 1.807) is 0 Å². The van der Waals surface area contributed by atoms with E-state index in [9.17, 15) is 0 Å². The summed E-state index contributed by atoms with van der Waals surface area (Å²) in [7, 11) is 0. The Labute approximate surface area is 610 Å². The Morgan fingerprint density at radius 2 is 0.440 bits per heavy atom. The Hall–Kier alpha value is -1.00. The van der Waals surface area contributed by atoms with Gasteiger partial charge < -0.3 is 99.5 Å². The smallest absolute Gasteiger partial charge is 0.0707 e. The molecule has 0 aliphatic heterocycles. The summed E-state index contributed by atoms with van der Waals surface area (Å²) in [6.07, 6.45) is 2.62. The number of rotatable bonds is 73. The van der Waals surface area contributed by atoms with Crippen molar-refractivity contribution in [2.45, 2.75) is 209 Å². The minimum absolute atomic E-state index is 0.159. The fourth-order valence-electron chi connectivity index (χ4n) is 10.2. The van der Waals surface area contributed by atoms with Crippen LogP contribution in [0.4, 0.5) is 0 Å². The Bertz CT molecular complexity index is 1780. The summed E-state index contributed by atoms with van der Waals surface area (Å²) >= 11 is 0. The molecule has 1 N–H and O–H groups in total. The van der Waals surface area contributed by atoms with Crippen LogP contribution in [0.15, 0.2) is 0 Å². The monoisotopic (exact) mass is 1450 g/mol. The van der Waals surface area contributed by atoms with Crippen molar-refractivity contribution in [1.82, 2.24) is 20.0 Å². The molecule has 0 saturated heterocycles. The zero-order valence-electron chi connectivity index (χ0n) is 67.9. The lowest BCUT2D eigenvalue weighted by Gasteiger charge is -2.59. The number of nitrogens with one attached hydrogen (secondary N) is 1. The maximum Gasteiger partial charge on any atom is 0.0707 e. The maximum absolute atomic E-state index is 6.42. The van der Waals surface area contributed by atoms with Crippen molar-refractivity contribution < 1.29 is 99.5 Å². The second-order valence-electron chi connectivity index (χ2n) is 31.0. The highest BCUT2D eigenvalue weighted by Gasteiger charge is 2.47. The number of hydrogen-bond donors (Lipinski definition) is 1. The molecule has 0 aliphatic rings. The van der Waals surface area contributed by atoms with E-state index in [1.165, 1.54) is 0 Å². The predicted molar refractivity (Wildman–Crippen MR) is 396 cm³/mol. The molecule has 0 aliphatic carbocycles. The zero-order valence-corrected chi connectivity index (χ0v) is 67.9. The Balaban J connectivity index is 5.95. The van der Waals surface area contributed by atoms with Crippen LogP contribution in [0.3, 0.4) is 0 Å². The molecular formula is C75H156N4O21. The predicted octanol–water partition coefficient (Wildman–Crippen LogP) is 9.24. The van der Waals surface area contributed by atoms with Crippen molar-refractivity contribution in [3.05, 3.63) is 0 Å². The molecule has 25 nitrogen and oxygen atoms in total. The van der Waals surface area contributed by atoms with Crippen molar-refractivity contribution in [3.8, 4) is 0 Å². The fraction of sp³-hybridized carbons (Fsp3) is 1.00. The molecule has 0 radical (unpaired) electrons. The normalized spacial score (nSPS) is 13.4. The minimum Gasteiger partial charge on any atom is -0.379 e. The van der Waals surface area contributed by atoms with E-state index < -0.39 is 16.9 Å². The molecule has 0 heterocycles. The minimum atomic E-state index is -0.565. The van der Waals surface area contributed by atoms with Gasteiger partial charge in [0, 0.05) is 70.2 Å². The van der Waals surface area contributed by atoms with Crippen molar-refractivity contribution in [1.29, 1.82) is 0 Å². The van der Waals surface area contributed by atoms with E-state index in [0.717, 1.165) is 32.4 Å². The molecule has 0 fully saturated rings. The first-order chi connectivity index (χ1) is 47.2. The van der Waals surface area contributed by atoms with Gasteiger partial charge in [-0.3, -0.25) is 20.0 Å². The molecule has 0 aromatic rings. The van der Waals surface area contributed by atoms with E-state index >= 15 is 0 Å². The maximum atomic E-state index is 6.42. The summed E-state index contributed by atoms with van der Waals surface area (Å²) < 4.78 is 123. The largest absolute Gasteiger partial charge is 0.379 e. The van der Waals surface area contributed by atoms with Gasteiger partial charge in [-0.2, -0.15) is 0 Å². The molecule has 0 bridgehead atoms. The molecule has 0 unspecified atom stereocenters. The molecule has 25 heteroatoms. The van der Waals surface area contributed by atoms with Crippen LogP contribution in [0.2, 0.25) is 0 Å². The van der Waals surface area contributed by atoms with Crippen molar-refractivity contribution in [2.75, 3.05) is 284 Å². The van der Waals surface area contributed by atoms with Crippen molar-refractivity contribution in [3.63, 3.8) is 0 Å². The second-order valence-corrected chi connectivity index (χ2v) is 31.0. The van der Waals surface area contributed by atoms with Crippen molar-refractivity contribution in [2.24, 2.45) is 0 Å². The second kappa shape index (κ2) is 60.0. The van der Waals surface area contributed by atoms with E-state index in [4.69, 9.17) is 99.5 Å². The summed E-state index contributed by atoms with van der Waals surface area (Å²) in [5.41, 5.74) is -2.34. The van der Waals surface area contributed by atoms with Gasteiger partial charge in [0.15, 0.2) is 0 Å². The van der Waals surface area contributed by atoms with Crippen LogP contribution < -0.4 is 5.32 Å². The highest BCUT2D eigenvalue weighted by atomic mass is 16.6. The van der Waals surface area contributed by atoms with Crippen molar-refractivity contribution >= 4 is 0 Å². The molecule has 0 saturated carbocycles. The SMILES string of the molecule is CC(C)(C)OCCOCCOCCCCOCCOCCNC(C)(C)N(CCOCCOCCCOCCOCCOC(C)(C)C)C(C)(C)N(CCOCCOCCOCCOCCOCCOC(C)(C)C)C(C)(C)CN(CCOCCOCCOCCOCCOC(C)(C)C)C(C)(C)C. The number of nitrogens with zero attached hydrogens (tertiary/aromatic N) is 3. The van der Waals surface area contributed by atoms with E-state index in [2.05, 4.69) is 82.3 Å². The molecule has 0 amide bonds. The lowest BCUT2D eigenvalue weighted by atomic mass is 9.92. The van der Waals surface area contributed by atoms with Gasteiger partial charge in [0.1, 0.15) is 0 Å². The average Bonchev–Trinajstić information content (AvgIpc) is 0.763. The van der Waals surface area contributed by atoms with E-state index in [1.807, 2.05) is 83.1 Å². The molecule has 0 atom stereocenters.